The fourth-order valence-corrected chi connectivity index (χ4v) is 5.01. The summed E-state index contributed by atoms with van der Waals surface area (Å²) in [4.78, 5) is 39.9. The number of anilines is 2. The largest absolute Gasteiger partial charge is 0.465 e. The molecule has 0 radical (unpaired) electrons. The number of esters is 1. The SMILES string of the molecule is CCOC(=O)C(CCC(=O)n1cc(NC(=O)Nc2ccc(Oc3ccc(SC(F)(F)F)cc3)cc2)c2cc(F)c(F)cc21)N(C)C.Cl. The fraction of sp³-hybridized carbons (Fsp3) is 0.258. The molecule has 0 aliphatic rings. The van der Waals surface area contributed by atoms with E-state index in [1.54, 1.807) is 25.9 Å². The van der Waals surface area contributed by atoms with E-state index in [9.17, 15) is 36.3 Å². The second-order valence-electron chi connectivity index (χ2n) is 10.1. The number of urea groups is 1. The van der Waals surface area contributed by atoms with Gasteiger partial charge in [-0.05, 0) is 93.8 Å². The van der Waals surface area contributed by atoms with E-state index in [0.29, 0.717) is 17.2 Å². The summed E-state index contributed by atoms with van der Waals surface area (Å²) in [6.07, 6.45) is 1.20. The lowest BCUT2D eigenvalue weighted by molar-refractivity contribution is -0.148. The van der Waals surface area contributed by atoms with Gasteiger partial charge >= 0.3 is 17.5 Å². The number of hydrogen-bond donors (Lipinski definition) is 2. The third-order valence-corrected chi connectivity index (χ3v) is 7.32. The zero-order valence-electron chi connectivity index (χ0n) is 25.2. The summed E-state index contributed by atoms with van der Waals surface area (Å²) in [5.41, 5.74) is -4.03. The van der Waals surface area contributed by atoms with Gasteiger partial charge in [-0.25, -0.2) is 13.6 Å². The summed E-state index contributed by atoms with van der Waals surface area (Å²) in [5, 5.41) is 5.19. The summed E-state index contributed by atoms with van der Waals surface area (Å²) in [7, 11) is 3.33. The highest BCUT2D eigenvalue weighted by molar-refractivity contribution is 8.00. The van der Waals surface area contributed by atoms with Crippen LogP contribution in [0.15, 0.2) is 71.8 Å². The maximum Gasteiger partial charge on any atom is 0.446 e. The van der Waals surface area contributed by atoms with Crippen molar-refractivity contribution in [1.29, 1.82) is 0 Å². The zero-order chi connectivity index (χ0) is 33.6. The summed E-state index contributed by atoms with van der Waals surface area (Å²) >= 11 is -0.237. The van der Waals surface area contributed by atoms with Crippen LogP contribution in [-0.4, -0.2) is 59.6 Å². The Bertz CT molecular complexity index is 1720. The minimum absolute atomic E-state index is 0. The molecular formula is C31H30ClF5N4O5S. The lowest BCUT2D eigenvalue weighted by atomic mass is 10.1. The number of likely N-dealkylation sites (N-methyl/N-ethyl adjacent to an activating group) is 1. The van der Waals surface area contributed by atoms with Gasteiger partial charge in [0.05, 0.1) is 17.8 Å². The predicted octanol–water partition coefficient (Wildman–Crippen LogP) is 8.30. The van der Waals surface area contributed by atoms with E-state index in [1.165, 1.54) is 54.7 Å². The molecule has 1 unspecified atom stereocenters. The Hall–Kier alpha value is -4.34. The quantitative estimate of drug-likeness (QED) is 0.0922. The molecule has 0 aliphatic heterocycles. The standard InChI is InChI=1S/C31H29F5N4O5S.ClH/c1-4-44-29(42)26(39(2)3)13-14-28(41)40-17-25(22-15-23(32)24(33)16-27(22)40)38-30(43)37-18-5-7-19(8-6-18)45-20-9-11-21(12-10-20)46-31(34,35)36;/h5-12,15-17,26H,4,13-14H2,1-3H3,(H2,37,38,43);1H. The summed E-state index contributed by atoms with van der Waals surface area (Å²) in [5.74, 6) is -2.74. The molecule has 4 aromatic rings. The minimum Gasteiger partial charge on any atom is -0.465 e. The summed E-state index contributed by atoms with van der Waals surface area (Å²) in [6, 6.07) is 11.7. The zero-order valence-corrected chi connectivity index (χ0v) is 26.8. The monoisotopic (exact) mass is 700 g/mol. The van der Waals surface area contributed by atoms with Gasteiger partial charge in [-0.1, -0.05) is 0 Å². The molecule has 0 fully saturated rings. The van der Waals surface area contributed by atoms with E-state index >= 15 is 0 Å². The molecule has 0 saturated carbocycles. The Kier molecular flexibility index (Phi) is 12.6. The Morgan fingerprint density at radius 1 is 0.936 bits per heavy atom. The molecule has 4 rings (SSSR count). The molecule has 16 heteroatoms. The third-order valence-electron chi connectivity index (χ3n) is 6.58. The van der Waals surface area contributed by atoms with Crippen LogP contribution in [0.3, 0.4) is 0 Å². The number of amides is 2. The molecule has 0 aliphatic carbocycles. The van der Waals surface area contributed by atoms with Gasteiger partial charge in [-0.15, -0.1) is 12.4 Å². The highest BCUT2D eigenvalue weighted by Gasteiger charge is 2.29. The van der Waals surface area contributed by atoms with Gasteiger partial charge in [0.2, 0.25) is 5.91 Å². The number of rotatable bonds is 11. The van der Waals surface area contributed by atoms with Crippen molar-refractivity contribution in [3.8, 4) is 11.5 Å². The fourth-order valence-electron chi connectivity index (χ4n) is 4.47. The van der Waals surface area contributed by atoms with Crippen LogP contribution >= 0.6 is 24.2 Å². The number of thioether (sulfide) groups is 1. The lowest BCUT2D eigenvalue weighted by Crippen LogP contribution is -2.37. The number of fused-ring (bicyclic) bond motifs is 1. The Morgan fingerprint density at radius 3 is 2.11 bits per heavy atom. The van der Waals surface area contributed by atoms with E-state index in [0.717, 1.165) is 16.7 Å². The summed E-state index contributed by atoms with van der Waals surface area (Å²) in [6.45, 7) is 1.84. The number of carbonyl (C=O) groups is 3. The van der Waals surface area contributed by atoms with Crippen molar-refractivity contribution < 1.29 is 45.8 Å². The van der Waals surface area contributed by atoms with Gasteiger partial charge in [-0.2, -0.15) is 13.2 Å². The van der Waals surface area contributed by atoms with Crippen LogP contribution in [-0.2, 0) is 9.53 Å². The van der Waals surface area contributed by atoms with E-state index in [2.05, 4.69) is 10.6 Å². The van der Waals surface area contributed by atoms with Crippen LogP contribution in [0.1, 0.15) is 24.6 Å². The topological polar surface area (TPSA) is 102 Å². The number of aromatic nitrogens is 1. The predicted molar refractivity (Wildman–Crippen MR) is 171 cm³/mol. The Morgan fingerprint density at radius 2 is 1.53 bits per heavy atom. The number of alkyl halides is 3. The van der Waals surface area contributed by atoms with Gasteiger partial charge < -0.3 is 20.1 Å². The molecule has 1 aromatic heterocycles. The summed E-state index contributed by atoms with van der Waals surface area (Å²) < 4.78 is 77.8. The normalized spacial score (nSPS) is 11.9. The third kappa shape index (κ3) is 10.1. The lowest BCUT2D eigenvalue weighted by Gasteiger charge is -2.22. The van der Waals surface area contributed by atoms with Gasteiger partial charge in [0.1, 0.15) is 17.5 Å². The molecule has 47 heavy (non-hydrogen) atoms. The van der Waals surface area contributed by atoms with Crippen LogP contribution in [0, 0.1) is 11.6 Å². The van der Waals surface area contributed by atoms with Crippen LogP contribution in [0.5, 0.6) is 11.5 Å². The molecule has 2 N–H and O–H groups in total. The van der Waals surface area contributed by atoms with Gasteiger partial charge in [0, 0.05) is 34.7 Å². The number of carbonyl (C=O) groups excluding carboxylic acids is 3. The van der Waals surface area contributed by atoms with Crippen molar-refractivity contribution in [2.24, 2.45) is 0 Å². The number of benzene rings is 3. The average molecular weight is 701 g/mol. The molecular weight excluding hydrogens is 671 g/mol. The molecule has 2 amide bonds. The molecule has 0 bridgehead atoms. The number of nitrogens with zero attached hydrogens (tertiary/aromatic N) is 2. The Labute approximate surface area is 276 Å². The van der Waals surface area contributed by atoms with E-state index in [-0.39, 0.29) is 65.1 Å². The van der Waals surface area contributed by atoms with Crippen LogP contribution in [0.4, 0.5) is 38.1 Å². The van der Waals surface area contributed by atoms with Crippen molar-refractivity contribution in [2.45, 2.75) is 36.2 Å². The molecule has 0 spiro atoms. The first-order chi connectivity index (χ1) is 21.7. The molecule has 3 aromatic carbocycles. The number of halogens is 6. The molecule has 1 atom stereocenters. The molecule has 0 saturated heterocycles. The first kappa shape index (κ1) is 37.1. The van der Waals surface area contributed by atoms with Crippen molar-refractivity contribution in [3.05, 3.63) is 78.5 Å². The second kappa shape index (κ2) is 16.0. The number of hydrogen-bond acceptors (Lipinski definition) is 7. The first-order valence-corrected chi connectivity index (χ1v) is 14.6. The number of ether oxygens (including phenoxy) is 2. The van der Waals surface area contributed by atoms with E-state index < -0.39 is 41.1 Å². The van der Waals surface area contributed by atoms with Crippen molar-refractivity contribution in [3.63, 3.8) is 0 Å². The highest BCUT2D eigenvalue weighted by Crippen LogP contribution is 2.37. The minimum atomic E-state index is -4.40. The number of nitrogens with one attached hydrogen (secondary N) is 2. The molecule has 1 heterocycles. The van der Waals surface area contributed by atoms with Crippen LogP contribution in [0.2, 0.25) is 0 Å². The van der Waals surface area contributed by atoms with Gasteiger partial charge in [-0.3, -0.25) is 19.1 Å². The second-order valence-corrected chi connectivity index (χ2v) is 11.2. The van der Waals surface area contributed by atoms with Crippen molar-refractivity contribution in [2.75, 3.05) is 31.3 Å². The van der Waals surface area contributed by atoms with Crippen LogP contribution < -0.4 is 15.4 Å². The maximum absolute atomic E-state index is 14.2. The first-order valence-electron chi connectivity index (χ1n) is 13.8. The van der Waals surface area contributed by atoms with Crippen molar-refractivity contribution in [1.82, 2.24) is 9.47 Å². The molecule has 9 nitrogen and oxygen atoms in total. The smallest absolute Gasteiger partial charge is 0.446 e. The van der Waals surface area contributed by atoms with Crippen LogP contribution in [0.25, 0.3) is 10.9 Å². The Balaban J connectivity index is 0.00000600. The van der Waals surface area contributed by atoms with Gasteiger partial charge in [0.15, 0.2) is 11.6 Å². The van der Waals surface area contributed by atoms with E-state index in [4.69, 9.17) is 9.47 Å². The maximum atomic E-state index is 14.2. The average Bonchev–Trinajstić information content (AvgIpc) is 3.31. The van der Waals surface area contributed by atoms with Gasteiger partial charge in [0.25, 0.3) is 0 Å². The highest BCUT2D eigenvalue weighted by atomic mass is 35.5. The van der Waals surface area contributed by atoms with E-state index in [1.807, 2.05) is 0 Å². The molecule has 252 valence electrons. The van der Waals surface area contributed by atoms with Crippen molar-refractivity contribution >= 4 is 64.4 Å².